The molecule has 3 aromatic carbocycles. The van der Waals surface area contributed by atoms with Crippen LogP contribution in [0.25, 0.3) is 0 Å². The van der Waals surface area contributed by atoms with Crippen molar-refractivity contribution in [1.82, 2.24) is 0 Å². The van der Waals surface area contributed by atoms with E-state index >= 15 is 0 Å². The second-order valence-corrected chi connectivity index (χ2v) is 5.79. The molecule has 0 atom stereocenters. The first-order chi connectivity index (χ1) is 13.7. The molecule has 3 rings (SSSR count). The molecule has 0 fully saturated rings. The highest BCUT2D eigenvalue weighted by molar-refractivity contribution is 6.07. The Bertz CT molecular complexity index is 943. The molecule has 2 amide bonds. The van der Waals surface area contributed by atoms with E-state index in [0.29, 0.717) is 35.0 Å². The van der Waals surface area contributed by atoms with Gasteiger partial charge in [-0.1, -0.05) is 36.4 Å². The monoisotopic (exact) mass is 376 g/mol. The summed E-state index contributed by atoms with van der Waals surface area (Å²) >= 11 is 0. The molecule has 6 nitrogen and oxygen atoms in total. The number of ether oxygens (including phenoxy) is 2. The van der Waals surface area contributed by atoms with Crippen molar-refractivity contribution in [3.8, 4) is 11.5 Å². The normalized spacial score (nSPS) is 10.0. The van der Waals surface area contributed by atoms with Gasteiger partial charge in [-0.2, -0.15) is 0 Å². The molecule has 0 saturated heterocycles. The average molecular weight is 376 g/mol. The van der Waals surface area contributed by atoms with Crippen molar-refractivity contribution in [1.29, 1.82) is 0 Å². The summed E-state index contributed by atoms with van der Waals surface area (Å²) in [6.07, 6.45) is -0.648. The highest BCUT2D eigenvalue weighted by atomic mass is 16.6. The zero-order valence-corrected chi connectivity index (χ0v) is 15.3. The van der Waals surface area contributed by atoms with Gasteiger partial charge < -0.3 is 14.8 Å². The molecular weight excluding hydrogens is 356 g/mol. The van der Waals surface area contributed by atoms with Crippen LogP contribution in [0.2, 0.25) is 0 Å². The Hall–Kier alpha value is -3.80. The second-order valence-electron chi connectivity index (χ2n) is 5.79. The Morgan fingerprint density at radius 1 is 0.821 bits per heavy atom. The summed E-state index contributed by atoms with van der Waals surface area (Å²) in [7, 11) is 0. The molecule has 3 aromatic rings. The van der Waals surface area contributed by atoms with E-state index in [1.54, 1.807) is 54.6 Å². The molecule has 142 valence electrons. The maximum absolute atomic E-state index is 12.7. The standard InChI is InChI=1S/C22H20N2O4/c1-2-27-20-14-13-17(24-22(26)28-18-11-7-4-8-12-18)15-19(20)21(25)23-16-9-5-3-6-10-16/h3-15H,2H2,1H3,(H,23,25)(H,24,26). The fourth-order valence-corrected chi connectivity index (χ4v) is 2.53. The van der Waals surface area contributed by atoms with Crippen LogP contribution in [0.1, 0.15) is 17.3 Å². The fourth-order valence-electron chi connectivity index (χ4n) is 2.53. The van der Waals surface area contributed by atoms with Crippen LogP contribution in [0.3, 0.4) is 0 Å². The van der Waals surface area contributed by atoms with Gasteiger partial charge >= 0.3 is 6.09 Å². The molecule has 0 radical (unpaired) electrons. The molecule has 6 heteroatoms. The van der Waals surface area contributed by atoms with Gasteiger partial charge in [0.2, 0.25) is 0 Å². The van der Waals surface area contributed by atoms with E-state index in [4.69, 9.17) is 9.47 Å². The van der Waals surface area contributed by atoms with E-state index in [9.17, 15) is 9.59 Å². The molecule has 0 spiro atoms. The van der Waals surface area contributed by atoms with Crippen molar-refractivity contribution in [2.45, 2.75) is 6.92 Å². The molecule has 28 heavy (non-hydrogen) atoms. The number of benzene rings is 3. The predicted octanol–water partition coefficient (Wildman–Crippen LogP) is 4.95. The topological polar surface area (TPSA) is 76.7 Å². The van der Waals surface area contributed by atoms with Crippen molar-refractivity contribution >= 4 is 23.4 Å². The van der Waals surface area contributed by atoms with E-state index in [-0.39, 0.29) is 5.91 Å². The highest BCUT2D eigenvalue weighted by Gasteiger charge is 2.15. The van der Waals surface area contributed by atoms with Crippen LogP contribution < -0.4 is 20.1 Å². The number of carbonyl (C=O) groups excluding carboxylic acids is 2. The number of hydrogen-bond acceptors (Lipinski definition) is 4. The van der Waals surface area contributed by atoms with Gasteiger partial charge in [-0.05, 0) is 49.4 Å². The highest BCUT2D eigenvalue weighted by Crippen LogP contribution is 2.24. The Kier molecular flexibility index (Phi) is 6.25. The van der Waals surface area contributed by atoms with Crippen molar-refractivity contribution in [2.75, 3.05) is 17.2 Å². The third-order valence-corrected chi connectivity index (χ3v) is 3.76. The van der Waals surface area contributed by atoms with Crippen molar-refractivity contribution in [3.05, 3.63) is 84.4 Å². The zero-order valence-electron chi connectivity index (χ0n) is 15.3. The van der Waals surface area contributed by atoms with Crippen LogP contribution in [0.15, 0.2) is 78.9 Å². The molecule has 0 aliphatic rings. The van der Waals surface area contributed by atoms with Crippen LogP contribution in [0, 0.1) is 0 Å². The number of amides is 2. The Labute approximate surface area is 163 Å². The average Bonchev–Trinajstić information content (AvgIpc) is 2.70. The summed E-state index contributed by atoms with van der Waals surface area (Å²) in [6.45, 7) is 2.25. The summed E-state index contributed by atoms with van der Waals surface area (Å²) < 4.78 is 10.8. The van der Waals surface area contributed by atoms with Gasteiger partial charge in [-0.25, -0.2) is 4.79 Å². The third-order valence-electron chi connectivity index (χ3n) is 3.76. The number of hydrogen-bond donors (Lipinski definition) is 2. The smallest absolute Gasteiger partial charge is 0.417 e. The summed E-state index contributed by atoms with van der Waals surface area (Å²) in [5, 5.41) is 5.44. The molecule has 0 aliphatic heterocycles. The number of nitrogens with one attached hydrogen (secondary N) is 2. The van der Waals surface area contributed by atoms with E-state index in [2.05, 4.69) is 10.6 Å². The Morgan fingerprint density at radius 2 is 1.50 bits per heavy atom. The zero-order chi connectivity index (χ0) is 19.8. The maximum Gasteiger partial charge on any atom is 0.417 e. The van der Waals surface area contributed by atoms with E-state index in [1.807, 2.05) is 31.2 Å². The molecule has 2 N–H and O–H groups in total. The number of rotatable bonds is 6. The summed E-state index contributed by atoms with van der Waals surface area (Å²) in [4.78, 5) is 24.8. The largest absolute Gasteiger partial charge is 0.493 e. The minimum Gasteiger partial charge on any atom is -0.493 e. The van der Waals surface area contributed by atoms with Gasteiger partial charge in [0.05, 0.1) is 12.2 Å². The maximum atomic E-state index is 12.7. The second kappa shape index (κ2) is 9.23. The SMILES string of the molecule is CCOc1ccc(NC(=O)Oc2ccccc2)cc1C(=O)Nc1ccccc1. The van der Waals surface area contributed by atoms with Crippen molar-refractivity contribution < 1.29 is 19.1 Å². The predicted molar refractivity (Wildman–Crippen MR) is 108 cm³/mol. The minimum atomic E-state index is -0.648. The minimum absolute atomic E-state index is 0.309. The lowest BCUT2D eigenvalue weighted by molar-refractivity contribution is 0.102. The summed E-state index contributed by atoms with van der Waals surface area (Å²) in [5.41, 5.74) is 1.39. The van der Waals surface area contributed by atoms with E-state index in [0.717, 1.165) is 0 Å². The quantitative estimate of drug-likeness (QED) is 0.638. The Balaban J connectivity index is 1.76. The lowest BCUT2D eigenvalue weighted by Gasteiger charge is -2.13. The van der Waals surface area contributed by atoms with Gasteiger partial charge in [-0.3, -0.25) is 10.1 Å². The number of anilines is 2. The summed E-state index contributed by atoms with van der Waals surface area (Å²) in [6, 6.07) is 22.7. The van der Waals surface area contributed by atoms with Gasteiger partial charge in [0.1, 0.15) is 11.5 Å². The van der Waals surface area contributed by atoms with Crippen LogP contribution in [-0.2, 0) is 0 Å². The van der Waals surface area contributed by atoms with Gasteiger partial charge in [0.15, 0.2) is 0 Å². The van der Waals surface area contributed by atoms with Crippen LogP contribution in [0.5, 0.6) is 11.5 Å². The van der Waals surface area contributed by atoms with Crippen LogP contribution in [0.4, 0.5) is 16.2 Å². The van der Waals surface area contributed by atoms with Gasteiger partial charge in [0.25, 0.3) is 5.91 Å². The third kappa shape index (κ3) is 5.11. The number of carbonyl (C=O) groups is 2. The van der Waals surface area contributed by atoms with Crippen molar-refractivity contribution in [2.24, 2.45) is 0 Å². The Morgan fingerprint density at radius 3 is 2.18 bits per heavy atom. The molecule has 0 aromatic heterocycles. The number of para-hydroxylation sites is 2. The molecule has 0 aliphatic carbocycles. The molecule has 0 unspecified atom stereocenters. The lowest BCUT2D eigenvalue weighted by Crippen LogP contribution is -2.18. The van der Waals surface area contributed by atoms with Crippen molar-refractivity contribution in [3.63, 3.8) is 0 Å². The molecule has 0 bridgehead atoms. The fraction of sp³-hybridized carbons (Fsp3) is 0.0909. The first-order valence-corrected chi connectivity index (χ1v) is 8.83. The van der Waals surface area contributed by atoms with E-state index in [1.165, 1.54) is 0 Å². The van der Waals surface area contributed by atoms with E-state index < -0.39 is 6.09 Å². The lowest BCUT2D eigenvalue weighted by atomic mass is 10.1. The van der Waals surface area contributed by atoms with Gasteiger partial charge in [0, 0.05) is 11.4 Å². The first kappa shape index (κ1) is 19.0. The molecular formula is C22H20N2O4. The summed E-state index contributed by atoms with van der Waals surface area (Å²) in [5.74, 6) is 0.514. The first-order valence-electron chi connectivity index (χ1n) is 8.83. The van der Waals surface area contributed by atoms with Gasteiger partial charge in [-0.15, -0.1) is 0 Å². The molecule has 0 saturated carbocycles. The van der Waals surface area contributed by atoms with Crippen LogP contribution >= 0.6 is 0 Å². The van der Waals surface area contributed by atoms with Crippen LogP contribution in [-0.4, -0.2) is 18.6 Å². The molecule has 0 heterocycles.